The summed E-state index contributed by atoms with van der Waals surface area (Å²) >= 11 is 3.24. The number of hydrogen-bond donors (Lipinski definition) is 0. The van der Waals surface area contributed by atoms with Crippen LogP contribution in [0.3, 0.4) is 0 Å². The summed E-state index contributed by atoms with van der Waals surface area (Å²) in [7, 11) is 0. The molecule has 0 saturated heterocycles. The number of halogens is 1. The normalized spacial score (nSPS) is 19.8. The van der Waals surface area contributed by atoms with E-state index < -0.39 is 11.4 Å². The first-order chi connectivity index (χ1) is 10.5. The largest absolute Gasteiger partial charge is 0.489 e. The van der Waals surface area contributed by atoms with Gasteiger partial charge in [-0.15, -0.1) is 0 Å². The van der Waals surface area contributed by atoms with Gasteiger partial charge in [-0.25, -0.2) is 4.79 Å². The van der Waals surface area contributed by atoms with Gasteiger partial charge >= 0.3 is 5.97 Å². The third kappa shape index (κ3) is 3.27. The minimum atomic E-state index is -0.611. The number of alkyl halides is 1. The van der Waals surface area contributed by atoms with Crippen LogP contribution in [-0.4, -0.2) is 36.9 Å². The fourth-order valence-corrected chi connectivity index (χ4v) is 3.10. The van der Waals surface area contributed by atoms with Crippen LogP contribution >= 0.6 is 15.9 Å². The molecule has 120 valence electrons. The highest BCUT2D eigenvalue weighted by Crippen LogP contribution is 2.44. The van der Waals surface area contributed by atoms with Gasteiger partial charge in [0.2, 0.25) is 0 Å². The maximum atomic E-state index is 12.3. The van der Waals surface area contributed by atoms with Crippen molar-refractivity contribution in [2.45, 2.75) is 25.7 Å². The Balaban J connectivity index is 2.27. The van der Waals surface area contributed by atoms with Gasteiger partial charge in [-0.2, -0.15) is 0 Å². The molecule has 0 saturated carbocycles. The third-order valence-electron chi connectivity index (χ3n) is 3.81. The molecule has 0 fully saturated rings. The Kier molecular flexibility index (Phi) is 5.45. The number of carbonyl (C=O) groups excluding carboxylic acids is 2. The van der Waals surface area contributed by atoms with Gasteiger partial charge in [-0.1, -0.05) is 28.1 Å². The Morgan fingerprint density at radius 1 is 1.41 bits per heavy atom. The first-order valence-corrected chi connectivity index (χ1v) is 8.29. The molecule has 1 aliphatic rings. The minimum Gasteiger partial charge on any atom is -0.489 e. The molecule has 2 rings (SSSR count). The lowest BCUT2D eigenvalue weighted by atomic mass is 9.75. The predicted octanol–water partition coefficient (Wildman–Crippen LogP) is 2.63. The van der Waals surface area contributed by atoms with Crippen LogP contribution < -0.4 is 9.47 Å². The van der Waals surface area contributed by atoms with E-state index in [9.17, 15) is 9.59 Å². The van der Waals surface area contributed by atoms with Crippen LogP contribution in [-0.2, 0) is 19.7 Å². The average molecular weight is 371 g/mol. The Bertz CT molecular complexity index is 572. The van der Waals surface area contributed by atoms with Crippen molar-refractivity contribution in [1.82, 2.24) is 0 Å². The molecule has 1 atom stereocenters. The quantitative estimate of drug-likeness (QED) is 0.568. The van der Waals surface area contributed by atoms with E-state index in [1.54, 1.807) is 19.1 Å². The van der Waals surface area contributed by atoms with Gasteiger partial charge in [0.05, 0.1) is 24.0 Å². The second-order valence-corrected chi connectivity index (χ2v) is 5.77. The van der Waals surface area contributed by atoms with E-state index >= 15 is 0 Å². The second kappa shape index (κ2) is 7.13. The molecule has 0 N–H and O–H groups in total. The summed E-state index contributed by atoms with van der Waals surface area (Å²) in [6.07, 6.45) is 0.617. The zero-order valence-corrected chi connectivity index (χ0v) is 14.3. The van der Waals surface area contributed by atoms with Crippen molar-refractivity contribution >= 4 is 27.7 Å². The number of ether oxygens (including phenoxy) is 3. The molecule has 1 unspecified atom stereocenters. The molecule has 0 spiro atoms. The molecule has 0 aliphatic carbocycles. The highest BCUT2D eigenvalue weighted by atomic mass is 79.9. The lowest BCUT2D eigenvalue weighted by Gasteiger charge is -2.34. The summed E-state index contributed by atoms with van der Waals surface area (Å²) in [5.41, 5.74) is 0.185. The highest BCUT2D eigenvalue weighted by molar-refractivity contribution is 9.09. The van der Waals surface area contributed by atoms with E-state index in [4.69, 9.17) is 14.2 Å². The van der Waals surface area contributed by atoms with E-state index in [1.807, 2.05) is 13.0 Å². The number of para-hydroxylation sites is 1. The Morgan fingerprint density at radius 3 is 2.86 bits per heavy atom. The smallest absolute Gasteiger partial charge is 0.344 e. The molecule has 1 aromatic rings. The zero-order valence-electron chi connectivity index (χ0n) is 12.7. The molecule has 0 aromatic heterocycles. The van der Waals surface area contributed by atoms with Crippen molar-refractivity contribution in [3.8, 4) is 11.5 Å². The molecule has 5 nitrogen and oxygen atoms in total. The first-order valence-electron chi connectivity index (χ1n) is 7.17. The van der Waals surface area contributed by atoms with Gasteiger partial charge in [0.25, 0.3) is 0 Å². The number of ketones is 1. The number of hydrogen-bond acceptors (Lipinski definition) is 5. The number of Topliss-reactive ketones (excluding diaryl/α,β-unsaturated/α-hetero) is 1. The van der Waals surface area contributed by atoms with E-state index in [0.717, 1.165) is 5.56 Å². The average Bonchev–Trinajstić information content (AvgIpc) is 2.53. The predicted molar refractivity (Wildman–Crippen MR) is 84.8 cm³/mol. The molecule has 1 aromatic carbocycles. The van der Waals surface area contributed by atoms with Crippen molar-refractivity contribution in [2.24, 2.45) is 0 Å². The molecule has 22 heavy (non-hydrogen) atoms. The second-order valence-electron chi connectivity index (χ2n) is 5.21. The number of esters is 1. The minimum absolute atomic E-state index is 0.0968. The van der Waals surface area contributed by atoms with Crippen molar-refractivity contribution in [3.63, 3.8) is 0 Å². The van der Waals surface area contributed by atoms with Gasteiger partial charge in [-0.05, 0) is 26.3 Å². The van der Waals surface area contributed by atoms with Gasteiger partial charge < -0.3 is 14.2 Å². The van der Waals surface area contributed by atoms with E-state index in [1.165, 1.54) is 0 Å². The Morgan fingerprint density at radius 2 is 2.18 bits per heavy atom. The maximum absolute atomic E-state index is 12.3. The molecular weight excluding hydrogens is 352 g/mol. The fraction of sp³-hybridized carbons (Fsp3) is 0.500. The van der Waals surface area contributed by atoms with Crippen LogP contribution in [0.25, 0.3) is 0 Å². The zero-order chi connectivity index (χ0) is 16.2. The Labute approximate surface area is 138 Å². The Hall–Kier alpha value is -1.56. The molecule has 1 heterocycles. The third-order valence-corrected chi connectivity index (χ3v) is 4.32. The maximum Gasteiger partial charge on any atom is 0.344 e. The molecule has 0 amide bonds. The number of fused-ring (bicyclic) bond motifs is 1. The van der Waals surface area contributed by atoms with E-state index in [2.05, 4.69) is 15.9 Å². The summed E-state index contributed by atoms with van der Waals surface area (Å²) in [6.45, 7) is 4.21. The lowest BCUT2D eigenvalue weighted by Crippen LogP contribution is -2.38. The summed E-state index contributed by atoms with van der Waals surface area (Å²) in [6, 6.07) is 5.39. The van der Waals surface area contributed by atoms with E-state index in [0.29, 0.717) is 31.1 Å². The van der Waals surface area contributed by atoms with Gasteiger partial charge in [0.1, 0.15) is 0 Å². The van der Waals surface area contributed by atoms with Crippen LogP contribution in [0.15, 0.2) is 18.2 Å². The standard InChI is InChI=1S/C16H19BrO5/c1-3-20-14(19)10-22-12-6-4-5-11-15(12)21-8-7-16(11,2)13(18)9-17/h4-6H,3,7-10H2,1-2H3. The number of rotatable bonds is 6. The molecule has 0 radical (unpaired) electrons. The van der Waals surface area contributed by atoms with Crippen molar-refractivity contribution in [3.05, 3.63) is 23.8 Å². The summed E-state index contributed by atoms with van der Waals surface area (Å²) in [5, 5.41) is 0.289. The SMILES string of the molecule is CCOC(=O)COc1cccc2c1OCCC2(C)C(=O)CBr. The molecule has 1 aliphatic heterocycles. The molecule has 6 heteroatoms. The van der Waals surface area contributed by atoms with E-state index in [-0.39, 0.29) is 17.7 Å². The van der Waals surface area contributed by atoms with Crippen LogP contribution in [0.5, 0.6) is 11.5 Å². The van der Waals surface area contributed by atoms with Crippen LogP contribution in [0.2, 0.25) is 0 Å². The highest BCUT2D eigenvalue weighted by Gasteiger charge is 2.40. The monoisotopic (exact) mass is 370 g/mol. The fourth-order valence-electron chi connectivity index (χ4n) is 2.48. The lowest BCUT2D eigenvalue weighted by molar-refractivity contribution is -0.145. The molecular formula is C16H19BrO5. The summed E-state index contributed by atoms with van der Waals surface area (Å²) in [5.74, 6) is 0.656. The van der Waals surface area contributed by atoms with Crippen LogP contribution in [0, 0.1) is 0 Å². The van der Waals surface area contributed by atoms with Gasteiger partial charge in [0, 0.05) is 5.56 Å². The molecule has 0 bridgehead atoms. The van der Waals surface area contributed by atoms with Crippen molar-refractivity contribution in [1.29, 1.82) is 0 Å². The summed E-state index contributed by atoms with van der Waals surface area (Å²) < 4.78 is 16.0. The van der Waals surface area contributed by atoms with Gasteiger partial charge in [0.15, 0.2) is 23.9 Å². The van der Waals surface area contributed by atoms with Crippen LogP contribution in [0.4, 0.5) is 0 Å². The van der Waals surface area contributed by atoms with Crippen LogP contribution in [0.1, 0.15) is 25.8 Å². The topological polar surface area (TPSA) is 61.8 Å². The van der Waals surface area contributed by atoms with Crippen molar-refractivity contribution < 1.29 is 23.8 Å². The first kappa shape index (κ1) is 16.8. The summed E-state index contributed by atoms with van der Waals surface area (Å²) in [4.78, 5) is 23.7. The number of benzene rings is 1. The van der Waals surface area contributed by atoms with Gasteiger partial charge in [-0.3, -0.25) is 4.79 Å². The van der Waals surface area contributed by atoms with Crippen molar-refractivity contribution in [2.75, 3.05) is 25.2 Å². The number of carbonyl (C=O) groups is 2.